The first-order valence-electron chi connectivity index (χ1n) is 6.19. The molecule has 0 bridgehead atoms. The molecule has 1 N–H and O–H groups in total. The summed E-state index contributed by atoms with van der Waals surface area (Å²) >= 11 is 0. The highest BCUT2D eigenvalue weighted by atomic mass is 19.4. The fourth-order valence-corrected chi connectivity index (χ4v) is 1.70. The van der Waals surface area contributed by atoms with Crippen LogP contribution in [-0.4, -0.2) is 44.8 Å². The molecule has 1 aromatic heterocycles. The van der Waals surface area contributed by atoms with Crippen LogP contribution < -0.4 is 0 Å². The lowest BCUT2D eigenvalue weighted by molar-refractivity contribution is -0.145. The van der Waals surface area contributed by atoms with Crippen LogP contribution in [0.15, 0.2) is 12.3 Å². The molecule has 6 nitrogen and oxygen atoms in total. The van der Waals surface area contributed by atoms with Crippen molar-refractivity contribution in [3.63, 3.8) is 0 Å². The number of amides is 1. The van der Waals surface area contributed by atoms with E-state index in [2.05, 4.69) is 5.10 Å². The Hall–Kier alpha value is -2.06. The number of rotatable bonds is 6. The number of hydrogen-bond donors (Lipinski definition) is 1. The number of alkyl halides is 3. The maximum absolute atomic E-state index is 12.4. The Morgan fingerprint density at radius 1 is 1.43 bits per heavy atom. The number of nitrogens with zero attached hydrogens (tertiary/aromatic N) is 3. The molecule has 0 fully saturated rings. The minimum Gasteiger partial charge on any atom is -0.480 e. The van der Waals surface area contributed by atoms with Crippen LogP contribution in [0.4, 0.5) is 13.2 Å². The minimum atomic E-state index is -4.58. The molecule has 0 aliphatic rings. The number of hydrogen-bond acceptors (Lipinski definition) is 3. The Morgan fingerprint density at radius 3 is 2.48 bits per heavy atom. The molecule has 21 heavy (non-hydrogen) atoms. The molecule has 0 aliphatic carbocycles. The summed E-state index contributed by atoms with van der Waals surface area (Å²) in [6, 6.07) is 0.761. The summed E-state index contributed by atoms with van der Waals surface area (Å²) in [6.45, 7) is 2.88. The van der Waals surface area contributed by atoms with Gasteiger partial charge < -0.3 is 10.0 Å². The van der Waals surface area contributed by atoms with Crippen LogP contribution in [-0.2, 0) is 22.3 Å². The number of aromatic nitrogens is 2. The second-order valence-electron chi connectivity index (χ2n) is 4.96. The Balaban J connectivity index is 2.76. The predicted octanol–water partition coefficient (Wildman–Crippen LogP) is 1.47. The van der Waals surface area contributed by atoms with E-state index >= 15 is 0 Å². The zero-order valence-corrected chi connectivity index (χ0v) is 11.6. The molecule has 0 radical (unpaired) electrons. The third kappa shape index (κ3) is 5.44. The molecule has 0 spiro atoms. The summed E-state index contributed by atoms with van der Waals surface area (Å²) in [6.07, 6.45) is -3.54. The standard InChI is InChI=1S/C12H16F3N3O3/c1-8(2)5-17(7-11(20)21)10(19)6-18-4-3-9(16-18)12(13,14)15/h3-4,8H,5-7H2,1-2H3,(H,20,21). The maximum atomic E-state index is 12.4. The van der Waals surface area contributed by atoms with Gasteiger partial charge in [-0.05, 0) is 12.0 Å². The zero-order chi connectivity index (χ0) is 16.2. The van der Waals surface area contributed by atoms with Crippen LogP contribution in [0.2, 0.25) is 0 Å². The second-order valence-corrected chi connectivity index (χ2v) is 4.96. The van der Waals surface area contributed by atoms with Crippen molar-refractivity contribution in [3.05, 3.63) is 18.0 Å². The fraction of sp³-hybridized carbons (Fsp3) is 0.583. The first kappa shape index (κ1) is 17.0. The molecule has 118 valence electrons. The highest BCUT2D eigenvalue weighted by Crippen LogP contribution is 2.27. The van der Waals surface area contributed by atoms with Gasteiger partial charge in [0.1, 0.15) is 13.1 Å². The molecule has 1 heterocycles. The molecular formula is C12H16F3N3O3. The van der Waals surface area contributed by atoms with Gasteiger partial charge in [0.05, 0.1) is 0 Å². The summed E-state index contributed by atoms with van der Waals surface area (Å²) in [5.74, 6) is -1.74. The zero-order valence-electron chi connectivity index (χ0n) is 11.6. The Labute approximate surface area is 119 Å². The van der Waals surface area contributed by atoms with Crippen molar-refractivity contribution in [2.45, 2.75) is 26.6 Å². The maximum Gasteiger partial charge on any atom is 0.435 e. The molecule has 0 saturated heterocycles. The van der Waals surface area contributed by atoms with E-state index in [0.29, 0.717) is 0 Å². The first-order valence-corrected chi connectivity index (χ1v) is 6.19. The van der Waals surface area contributed by atoms with Crippen LogP contribution in [0.5, 0.6) is 0 Å². The molecule has 9 heteroatoms. The van der Waals surface area contributed by atoms with Crippen molar-refractivity contribution >= 4 is 11.9 Å². The number of carbonyl (C=O) groups is 2. The molecule has 0 saturated carbocycles. The normalized spacial score (nSPS) is 11.7. The smallest absolute Gasteiger partial charge is 0.435 e. The second kappa shape index (κ2) is 6.59. The van der Waals surface area contributed by atoms with Gasteiger partial charge in [-0.3, -0.25) is 14.3 Å². The number of carbonyl (C=O) groups excluding carboxylic acids is 1. The van der Waals surface area contributed by atoms with Gasteiger partial charge in [0.25, 0.3) is 0 Å². The molecule has 0 aliphatic heterocycles. The quantitative estimate of drug-likeness (QED) is 0.863. The van der Waals surface area contributed by atoms with Crippen LogP contribution in [0.3, 0.4) is 0 Å². The van der Waals surface area contributed by atoms with E-state index in [1.54, 1.807) is 13.8 Å². The summed E-state index contributed by atoms with van der Waals surface area (Å²) in [5.41, 5.74) is -1.09. The largest absolute Gasteiger partial charge is 0.480 e. The molecule has 0 aromatic carbocycles. The third-order valence-corrected chi connectivity index (χ3v) is 2.49. The van der Waals surface area contributed by atoms with E-state index in [1.165, 1.54) is 0 Å². The predicted molar refractivity (Wildman–Crippen MR) is 66.3 cm³/mol. The number of aliphatic carboxylic acids is 1. The molecule has 1 aromatic rings. The lowest BCUT2D eigenvalue weighted by Crippen LogP contribution is -2.40. The summed E-state index contributed by atoms with van der Waals surface area (Å²) in [4.78, 5) is 23.8. The Bertz CT molecular complexity index is 511. The monoisotopic (exact) mass is 307 g/mol. The van der Waals surface area contributed by atoms with E-state index in [-0.39, 0.29) is 12.5 Å². The van der Waals surface area contributed by atoms with E-state index in [9.17, 15) is 22.8 Å². The van der Waals surface area contributed by atoms with Crippen molar-refractivity contribution < 1.29 is 27.9 Å². The van der Waals surface area contributed by atoms with Crippen molar-refractivity contribution in [2.75, 3.05) is 13.1 Å². The van der Waals surface area contributed by atoms with E-state index in [0.717, 1.165) is 21.8 Å². The van der Waals surface area contributed by atoms with Gasteiger partial charge in [-0.25, -0.2) is 0 Å². The lowest BCUT2D eigenvalue weighted by atomic mass is 10.2. The van der Waals surface area contributed by atoms with E-state index < -0.39 is 36.8 Å². The van der Waals surface area contributed by atoms with Crippen molar-refractivity contribution in [3.8, 4) is 0 Å². The Morgan fingerprint density at radius 2 is 2.05 bits per heavy atom. The van der Waals surface area contributed by atoms with Crippen molar-refractivity contribution in [1.82, 2.24) is 14.7 Å². The molecular weight excluding hydrogens is 291 g/mol. The van der Waals surface area contributed by atoms with Gasteiger partial charge >= 0.3 is 12.1 Å². The van der Waals surface area contributed by atoms with Crippen LogP contribution >= 0.6 is 0 Å². The van der Waals surface area contributed by atoms with Crippen molar-refractivity contribution in [2.24, 2.45) is 5.92 Å². The molecule has 0 unspecified atom stereocenters. The van der Waals surface area contributed by atoms with Crippen LogP contribution in [0.25, 0.3) is 0 Å². The number of carboxylic acids is 1. The minimum absolute atomic E-state index is 0.0386. The average Bonchev–Trinajstić information content (AvgIpc) is 2.74. The van der Waals surface area contributed by atoms with Crippen LogP contribution in [0, 0.1) is 5.92 Å². The number of carboxylic acid groups (broad SMARTS) is 1. The summed E-state index contributed by atoms with van der Waals surface area (Å²) in [7, 11) is 0. The summed E-state index contributed by atoms with van der Waals surface area (Å²) in [5, 5.41) is 12.0. The fourth-order valence-electron chi connectivity index (χ4n) is 1.70. The van der Waals surface area contributed by atoms with Gasteiger partial charge in [0.2, 0.25) is 5.91 Å². The highest BCUT2D eigenvalue weighted by Gasteiger charge is 2.33. The third-order valence-electron chi connectivity index (χ3n) is 2.49. The van der Waals surface area contributed by atoms with Gasteiger partial charge in [-0.1, -0.05) is 13.8 Å². The van der Waals surface area contributed by atoms with Crippen LogP contribution in [0.1, 0.15) is 19.5 Å². The molecule has 1 rings (SSSR count). The lowest BCUT2D eigenvalue weighted by Gasteiger charge is -2.22. The topological polar surface area (TPSA) is 75.4 Å². The number of halogens is 3. The molecule has 0 atom stereocenters. The summed E-state index contributed by atoms with van der Waals surface area (Å²) < 4.78 is 38.0. The van der Waals surface area contributed by atoms with Gasteiger partial charge in [-0.2, -0.15) is 18.3 Å². The Kier molecular flexibility index (Phi) is 5.34. The SMILES string of the molecule is CC(C)CN(CC(=O)O)C(=O)Cn1ccc(C(F)(F)F)n1. The van der Waals surface area contributed by atoms with E-state index in [4.69, 9.17) is 5.11 Å². The van der Waals surface area contributed by atoms with Gasteiger partial charge in [0.15, 0.2) is 5.69 Å². The van der Waals surface area contributed by atoms with E-state index in [1.807, 2.05) is 0 Å². The highest BCUT2D eigenvalue weighted by molar-refractivity contribution is 5.81. The molecule has 1 amide bonds. The average molecular weight is 307 g/mol. The van der Waals surface area contributed by atoms with Gasteiger partial charge in [0, 0.05) is 12.7 Å². The first-order chi connectivity index (χ1) is 9.59. The van der Waals surface area contributed by atoms with Gasteiger partial charge in [-0.15, -0.1) is 0 Å². The van der Waals surface area contributed by atoms with Crippen molar-refractivity contribution in [1.29, 1.82) is 0 Å².